The van der Waals surface area contributed by atoms with Gasteiger partial charge in [0.25, 0.3) is 5.91 Å². The minimum atomic E-state index is -1.21. The monoisotopic (exact) mass is 486 g/mol. The minimum absolute atomic E-state index is 0.124. The van der Waals surface area contributed by atoms with E-state index in [2.05, 4.69) is 55.6 Å². The molecule has 1 atom stereocenters. The summed E-state index contributed by atoms with van der Waals surface area (Å²) in [5.74, 6) is 0.668. The number of unbranched alkanes of at least 4 members (excludes halogenated alkanes) is 2. The first-order valence-electron chi connectivity index (χ1n) is 12.4. The van der Waals surface area contributed by atoms with Crippen LogP contribution in [0.2, 0.25) is 0 Å². The number of rotatable bonds is 9. The van der Waals surface area contributed by atoms with Crippen molar-refractivity contribution in [3.63, 3.8) is 0 Å². The van der Waals surface area contributed by atoms with Crippen molar-refractivity contribution in [2.24, 2.45) is 0 Å². The van der Waals surface area contributed by atoms with Crippen molar-refractivity contribution in [3.05, 3.63) is 89.0 Å². The number of nitrogens with one attached hydrogen (secondary N) is 1. The molecule has 1 aliphatic rings. The first-order chi connectivity index (χ1) is 17.0. The fourth-order valence-corrected chi connectivity index (χ4v) is 5.51. The van der Waals surface area contributed by atoms with Gasteiger partial charge in [-0.1, -0.05) is 65.9 Å². The first kappa shape index (κ1) is 24.9. The number of anilines is 1. The number of benzene rings is 3. The molecule has 4 rings (SSSR count). The summed E-state index contributed by atoms with van der Waals surface area (Å²) >= 11 is 0. The van der Waals surface area contributed by atoms with Crippen molar-refractivity contribution in [2.75, 3.05) is 18.1 Å². The van der Waals surface area contributed by atoms with Gasteiger partial charge in [0.15, 0.2) is 6.16 Å². The number of amides is 1. The van der Waals surface area contributed by atoms with Crippen molar-refractivity contribution in [1.29, 1.82) is 0 Å². The van der Waals surface area contributed by atoms with Crippen molar-refractivity contribution < 1.29 is 14.1 Å². The lowest BCUT2D eigenvalue weighted by molar-refractivity contribution is -0.113. The molecule has 1 amide bonds. The number of fused-ring (bicyclic) bond motifs is 1. The summed E-state index contributed by atoms with van der Waals surface area (Å²) in [4.78, 5) is 13.1. The molecule has 0 fully saturated rings. The van der Waals surface area contributed by atoms with E-state index in [4.69, 9.17) is 4.74 Å². The molecule has 0 saturated carbocycles. The Morgan fingerprint density at radius 3 is 2.46 bits per heavy atom. The van der Waals surface area contributed by atoms with E-state index in [0.717, 1.165) is 59.1 Å². The van der Waals surface area contributed by atoms with Gasteiger partial charge < -0.3 is 10.1 Å². The van der Waals surface area contributed by atoms with Gasteiger partial charge in [0.1, 0.15) is 11.9 Å². The minimum Gasteiger partial charge on any atom is -0.493 e. The molecule has 0 radical (unpaired) electrons. The molecule has 0 saturated heterocycles. The quantitative estimate of drug-likeness (QED) is 0.246. The molecule has 1 aliphatic heterocycles. The summed E-state index contributed by atoms with van der Waals surface area (Å²) in [5.41, 5.74) is 6.82. The molecule has 1 N–H and O–H groups in total. The Morgan fingerprint density at radius 1 is 0.971 bits per heavy atom. The molecule has 3 aromatic carbocycles. The van der Waals surface area contributed by atoms with Gasteiger partial charge in [-0.25, -0.2) is 0 Å². The van der Waals surface area contributed by atoms with E-state index < -0.39 is 7.80 Å². The molecule has 0 spiro atoms. The van der Waals surface area contributed by atoms with E-state index >= 15 is 0 Å². The Morgan fingerprint density at radius 2 is 1.71 bits per heavy atom. The molecule has 0 aromatic heterocycles. The zero-order chi connectivity index (χ0) is 24.6. The largest absolute Gasteiger partial charge is 0.493 e. The van der Waals surface area contributed by atoms with Crippen LogP contribution in [0.3, 0.4) is 0 Å². The number of hydrogen-bond donors (Lipinski definition) is 1. The average Bonchev–Trinajstić information content (AvgIpc) is 3.08. The van der Waals surface area contributed by atoms with Crippen LogP contribution in [0, 0.1) is 6.92 Å². The van der Waals surface area contributed by atoms with Gasteiger partial charge in [-0.3, -0.25) is 4.79 Å². The third-order valence-corrected chi connectivity index (χ3v) is 7.76. The van der Waals surface area contributed by atoms with E-state index in [1.165, 1.54) is 5.56 Å². The van der Waals surface area contributed by atoms with Gasteiger partial charge in [0, 0.05) is 23.2 Å². The second-order valence-corrected chi connectivity index (χ2v) is 10.8. The topological polar surface area (TPSA) is 55.4 Å². The van der Waals surface area contributed by atoms with Crippen molar-refractivity contribution in [1.82, 2.24) is 0 Å². The Bertz CT molecular complexity index is 1210. The molecule has 180 valence electrons. The van der Waals surface area contributed by atoms with Crippen LogP contribution < -0.4 is 10.1 Å². The summed E-state index contributed by atoms with van der Waals surface area (Å²) in [6.07, 6.45) is 7.14. The second-order valence-electron chi connectivity index (χ2n) is 9.11. The third kappa shape index (κ3) is 6.90. The van der Waals surface area contributed by atoms with E-state index in [1.54, 1.807) is 0 Å². The van der Waals surface area contributed by atoms with E-state index in [0.29, 0.717) is 24.8 Å². The van der Waals surface area contributed by atoms with Gasteiger partial charge in [-0.15, -0.1) is 0 Å². The highest BCUT2D eigenvalue weighted by atomic mass is 31.1. The predicted octanol–water partition coefficient (Wildman–Crippen LogP) is 7.98. The molecule has 1 unspecified atom stereocenters. The van der Waals surface area contributed by atoms with Crippen LogP contribution in [0.5, 0.6) is 5.75 Å². The third-order valence-electron chi connectivity index (χ3n) is 6.23. The highest BCUT2D eigenvalue weighted by molar-refractivity contribution is 7.43. The second kappa shape index (κ2) is 12.0. The highest BCUT2D eigenvalue weighted by Crippen LogP contribution is 2.32. The van der Waals surface area contributed by atoms with Crippen LogP contribution >= 0.6 is 7.80 Å². The number of ether oxygens (including phenoxy) is 1. The van der Waals surface area contributed by atoms with Gasteiger partial charge in [-0.05, 0) is 66.8 Å². The highest BCUT2D eigenvalue weighted by Gasteiger charge is 2.18. The van der Waals surface area contributed by atoms with Crippen molar-refractivity contribution in [3.8, 4) is 16.9 Å². The van der Waals surface area contributed by atoms with Crippen LogP contribution in [-0.2, 0) is 15.5 Å². The zero-order valence-corrected chi connectivity index (χ0v) is 21.4. The van der Waals surface area contributed by atoms with Gasteiger partial charge in [-0.2, -0.15) is 0 Å². The standard InChI is InChI=1S/C30H32NO3P/c1-3-4-5-18-35(33)21-23-8-13-28(14-9-23)31-30(32)26-16-17-34-29-15-12-25(19-27(29)20-26)24-10-6-22(2)7-11-24/h6-15,19-20H,3-5,16-18,21H2,1-2H3/p+1. The fourth-order valence-electron chi connectivity index (χ4n) is 4.15. The molecule has 35 heavy (non-hydrogen) atoms. The average molecular weight is 487 g/mol. The lowest BCUT2D eigenvalue weighted by atomic mass is 10.00. The number of aryl methyl sites for hydroxylation is 1. The maximum Gasteiger partial charge on any atom is 0.343 e. The summed E-state index contributed by atoms with van der Waals surface area (Å²) in [6, 6.07) is 22.2. The van der Waals surface area contributed by atoms with Crippen LogP contribution in [0.15, 0.2) is 72.3 Å². The lowest BCUT2D eigenvalue weighted by Crippen LogP contribution is -2.15. The Labute approximate surface area is 209 Å². The predicted molar refractivity (Wildman–Crippen MR) is 145 cm³/mol. The first-order valence-corrected chi connectivity index (χ1v) is 14.0. The van der Waals surface area contributed by atoms with Crippen LogP contribution in [-0.4, -0.2) is 18.7 Å². The summed E-state index contributed by atoms with van der Waals surface area (Å²) < 4.78 is 18.2. The van der Waals surface area contributed by atoms with Gasteiger partial charge in [0.2, 0.25) is 0 Å². The summed E-state index contributed by atoms with van der Waals surface area (Å²) in [6.45, 7) is 4.69. The number of carbonyl (C=O) groups excluding carboxylic acids is 1. The molecule has 5 heteroatoms. The summed E-state index contributed by atoms with van der Waals surface area (Å²) in [5, 5.41) is 3.01. The molecular formula is C30H33NO3P+. The van der Waals surface area contributed by atoms with Crippen molar-refractivity contribution in [2.45, 2.75) is 45.7 Å². The Kier molecular flexibility index (Phi) is 8.50. The molecule has 0 bridgehead atoms. The lowest BCUT2D eigenvalue weighted by Gasteiger charge is -2.09. The Hall–Kier alpha value is -3.23. The smallest absolute Gasteiger partial charge is 0.343 e. The maximum atomic E-state index is 13.1. The van der Waals surface area contributed by atoms with Crippen molar-refractivity contribution >= 4 is 25.5 Å². The van der Waals surface area contributed by atoms with Crippen LogP contribution in [0.25, 0.3) is 17.2 Å². The Balaban J connectivity index is 1.44. The maximum absolute atomic E-state index is 13.1. The number of carbonyl (C=O) groups is 1. The van der Waals surface area contributed by atoms with E-state index in [-0.39, 0.29) is 5.91 Å². The van der Waals surface area contributed by atoms with Crippen LogP contribution in [0.4, 0.5) is 5.69 Å². The molecular weight excluding hydrogens is 453 g/mol. The zero-order valence-electron chi connectivity index (χ0n) is 20.5. The van der Waals surface area contributed by atoms with E-state index in [1.807, 2.05) is 36.4 Å². The fraction of sp³-hybridized carbons (Fsp3) is 0.300. The van der Waals surface area contributed by atoms with Gasteiger partial charge >= 0.3 is 7.80 Å². The van der Waals surface area contributed by atoms with E-state index in [9.17, 15) is 9.36 Å². The SMILES string of the molecule is CCCCC[P+](=O)Cc1ccc(NC(=O)C2=Cc3cc(-c4ccc(C)cc4)ccc3OCC2)cc1. The molecule has 0 aliphatic carbocycles. The van der Waals surface area contributed by atoms with Gasteiger partial charge in [0.05, 0.1) is 6.61 Å². The molecule has 1 heterocycles. The number of hydrogen-bond acceptors (Lipinski definition) is 3. The normalized spacial score (nSPS) is 13.2. The molecule has 4 nitrogen and oxygen atoms in total. The summed E-state index contributed by atoms with van der Waals surface area (Å²) in [7, 11) is -1.21. The molecule has 3 aromatic rings. The van der Waals surface area contributed by atoms with Crippen LogP contribution in [0.1, 0.15) is 49.3 Å².